The number of rotatable bonds is 2. The van der Waals surface area contributed by atoms with Crippen LogP contribution in [0.1, 0.15) is 12.5 Å². The normalized spacial score (nSPS) is 15.8. The second-order valence-corrected chi connectivity index (χ2v) is 4.82. The molecule has 2 rings (SSSR count). The summed E-state index contributed by atoms with van der Waals surface area (Å²) in [5, 5.41) is 4.89. The third-order valence-corrected chi connectivity index (χ3v) is 3.13. The van der Waals surface area contributed by atoms with Crippen LogP contribution in [0.2, 0.25) is 5.02 Å². The van der Waals surface area contributed by atoms with E-state index in [2.05, 4.69) is 12.2 Å². The van der Waals surface area contributed by atoms with Gasteiger partial charge in [-0.1, -0.05) is 40.9 Å². The molecule has 0 fully saturated rings. The van der Waals surface area contributed by atoms with E-state index in [-0.39, 0.29) is 0 Å². The van der Waals surface area contributed by atoms with Gasteiger partial charge in [0.05, 0.1) is 5.03 Å². The summed E-state index contributed by atoms with van der Waals surface area (Å²) in [6.07, 6.45) is 2.84. The Morgan fingerprint density at radius 3 is 2.50 bits per heavy atom. The van der Waals surface area contributed by atoms with Crippen molar-refractivity contribution in [3.8, 4) is 0 Å². The molecule has 1 heterocycles. The third kappa shape index (κ3) is 2.81. The molecule has 0 aliphatic carbocycles. The molecule has 1 aromatic carbocycles. The Balaban J connectivity index is 2.16. The summed E-state index contributed by atoms with van der Waals surface area (Å²) in [5.41, 5.74) is 3.54. The van der Waals surface area contributed by atoms with Gasteiger partial charge in [-0.3, -0.25) is 0 Å². The van der Waals surface area contributed by atoms with E-state index in [0.717, 1.165) is 28.7 Å². The van der Waals surface area contributed by atoms with Crippen LogP contribution in [0.25, 0.3) is 0 Å². The van der Waals surface area contributed by atoms with Crippen LogP contribution < -0.4 is 5.32 Å². The Hall–Kier alpha value is -0.920. The molecule has 0 radical (unpaired) electrons. The molecule has 1 N–H and O–H groups in total. The fourth-order valence-electron chi connectivity index (χ4n) is 1.64. The number of dihydropyridines is 1. The molecule has 0 spiro atoms. The molecule has 16 heavy (non-hydrogen) atoms. The monoisotopic (exact) mass is 253 g/mol. The quantitative estimate of drug-likeness (QED) is 0.844. The first kappa shape index (κ1) is 11.6. The zero-order valence-electron chi connectivity index (χ0n) is 9.06. The molecule has 1 nitrogen and oxygen atoms in total. The number of hydrogen-bond donors (Lipinski definition) is 1. The summed E-state index contributed by atoms with van der Waals surface area (Å²) < 4.78 is 0. The van der Waals surface area contributed by atoms with Crippen LogP contribution in [0.5, 0.6) is 0 Å². The van der Waals surface area contributed by atoms with Crippen LogP contribution >= 0.6 is 23.2 Å². The van der Waals surface area contributed by atoms with E-state index in [4.69, 9.17) is 23.2 Å². The van der Waals surface area contributed by atoms with Gasteiger partial charge >= 0.3 is 0 Å². The highest BCUT2D eigenvalue weighted by molar-refractivity contribution is 6.31. The zero-order valence-corrected chi connectivity index (χ0v) is 10.6. The maximum absolute atomic E-state index is 6.17. The first-order chi connectivity index (χ1) is 7.65. The maximum atomic E-state index is 6.17. The highest BCUT2D eigenvalue weighted by Gasteiger charge is 2.09. The number of allylic oxidation sites excluding steroid dienone is 3. The Labute approximate surface area is 106 Å². The summed E-state index contributed by atoms with van der Waals surface area (Å²) in [4.78, 5) is 0. The Kier molecular flexibility index (Phi) is 3.57. The SMILES string of the molecule is CC1=CC(Cl)=C(Cc2ccc(Cl)cc2)NC1. The summed E-state index contributed by atoms with van der Waals surface area (Å²) in [6.45, 7) is 2.94. The van der Waals surface area contributed by atoms with Crippen molar-refractivity contribution in [3.63, 3.8) is 0 Å². The molecule has 0 saturated carbocycles. The molecule has 1 aliphatic rings. The molecule has 84 valence electrons. The lowest BCUT2D eigenvalue weighted by molar-refractivity contribution is 0.812. The minimum atomic E-state index is 0.760. The van der Waals surface area contributed by atoms with E-state index in [9.17, 15) is 0 Å². The van der Waals surface area contributed by atoms with Crippen molar-refractivity contribution in [1.82, 2.24) is 5.32 Å². The van der Waals surface area contributed by atoms with Crippen molar-refractivity contribution in [3.05, 3.63) is 57.2 Å². The van der Waals surface area contributed by atoms with Gasteiger partial charge in [0.25, 0.3) is 0 Å². The predicted molar refractivity (Wildman–Crippen MR) is 69.8 cm³/mol. The fraction of sp³-hybridized carbons (Fsp3) is 0.231. The Morgan fingerprint density at radius 1 is 1.19 bits per heavy atom. The van der Waals surface area contributed by atoms with Gasteiger partial charge < -0.3 is 5.32 Å². The molecule has 3 heteroatoms. The Bertz CT molecular complexity index is 444. The molecule has 0 unspecified atom stereocenters. The maximum Gasteiger partial charge on any atom is 0.0598 e. The molecule has 0 amide bonds. The van der Waals surface area contributed by atoms with Crippen LogP contribution in [0, 0.1) is 0 Å². The average Bonchev–Trinajstić information content (AvgIpc) is 2.25. The molecule has 0 atom stereocenters. The third-order valence-electron chi connectivity index (χ3n) is 2.54. The smallest absolute Gasteiger partial charge is 0.0598 e. The highest BCUT2D eigenvalue weighted by atomic mass is 35.5. The van der Waals surface area contributed by atoms with E-state index in [0.29, 0.717) is 0 Å². The lowest BCUT2D eigenvalue weighted by atomic mass is 10.1. The van der Waals surface area contributed by atoms with Gasteiger partial charge in [-0.2, -0.15) is 0 Å². The predicted octanol–water partition coefficient (Wildman–Crippen LogP) is 3.88. The molecule has 1 aliphatic heterocycles. The van der Waals surface area contributed by atoms with Gasteiger partial charge in [-0.05, 0) is 30.7 Å². The van der Waals surface area contributed by atoms with Crippen LogP contribution in [-0.4, -0.2) is 6.54 Å². The standard InChI is InChI=1S/C13H13Cl2N/c1-9-6-12(15)13(16-8-9)7-10-2-4-11(14)5-3-10/h2-6,16H,7-8H2,1H3. The molecule has 0 bridgehead atoms. The minimum Gasteiger partial charge on any atom is -0.383 e. The molecular formula is C13H13Cl2N. The number of nitrogens with one attached hydrogen (secondary N) is 1. The van der Waals surface area contributed by atoms with Gasteiger partial charge in [0, 0.05) is 23.7 Å². The largest absolute Gasteiger partial charge is 0.383 e. The zero-order chi connectivity index (χ0) is 11.5. The topological polar surface area (TPSA) is 12.0 Å². The minimum absolute atomic E-state index is 0.760. The second kappa shape index (κ2) is 4.94. The summed E-state index contributed by atoms with van der Waals surface area (Å²) in [5.74, 6) is 0. The van der Waals surface area contributed by atoms with Crippen LogP contribution in [0.15, 0.2) is 46.6 Å². The number of benzene rings is 1. The van der Waals surface area contributed by atoms with Gasteiger partial charge in [0.2, 0.25) is 0 Å². The Morgan fingerprint density at radius 2 is 1.88 bits per heavy atom. The molecule has 1 aromatic rings. The highest BCUT2D eigenvalue weighted by Crippen LogP contribution is 2.20. The lowest BCUT2D eigenvalue weighted by Crippen LogP contribution is -2.21. The second-order valence-electron chi connectivity index (χ2n) is 3.97. The molecular weight excluding hydrogens is 241 g/mol. The van der Waals surface area contributed by atoms with Crippen molar-refractivity contribution >= 4 is 23.2 Å². The van der Waals surface area contributed by atoms with E-state index in [1.807, 2.05) is 30.3 Å². The van der Waals surface area contributed by atoms with Gasteiger partial charge in [0.15, 0.2) is 0 Å². The van der Waals surface area contributed by atoms with Crippen LogP contribution in [0.4, 0.5) is 0 Å². The van der Waals surface area contributed by atoms with Gasteiger partial charge in [-0.15, -0.1) is 0 Å². The first-order valence-corrected chi connectivity index (χ1v) is 5.95. The van der Waals surface area contributed by atoms with E-state index >= 15 is 0 Å². The first-order valence-electron chi connectivity index (χ1n) is 5.19. The van der Waals surface area contributed by atoms with E-state index < -0.39 is 0 Å². The van der Waals surface area contributed by atoms with Crippen molar-refractivity contribution < 1.29 is 0 Å². The van der Waals surface area contributed by atoms with E-state index in [1.54, 1.807) is 0 Å². The van der Waals surface area contributed by atoms with Crippen LogP contribution in [-0.2, 0) is 6.42 Å². The lowest BCUT2D eigenvalue weighted by Gasteiger charge is -2.17. The van der Waals surface area contributed by atoms with Crippen molar-refractivity contribution in [1.29, 1.82) is 0 Å². The van der Waals surface area contributed by atoms with Crippen molar-refractivity contribution in [2.45, 2.75) is 13.3 Å². The molecule has 0 aromatic heterocycles. The van der Waals surface area contributed by atoms with Crippen LogP contribution in [0.3, 0.4) is 0 Å². The van der Waals surface area contributed by atoms with Gasteiger partial charge in [-0.25, -0.2) is 0 Å². The number of halogens is 2. The molecule has 0 saturated heterocycles. The van der Waals surface area contributed by atoms with Gasteiger partial charge in [0.1, 0.15) is 0 Å². The van der Waals surface area contributed by atoms with Crippen molar-refractivity contribution in [2.75, 3.05) is 6.54 Å². The summed E-state index contributed by atoms with van der Waals surface area (Å²) >= 11 is 12.0. The average molecular weight is 254 g/mol. The van der Waals surface area contributed by atoms with E-state index in [1.165, 1.54) is 11.1 Å². The number of hydrogen-bond acceptors (Lipinski definition) is 1. The summed E-state index contributed by atoms with van der Waals surface area (Å²) in [7, 11) is 0. The fourth-order valence-corrected chi connectivity index (χ4v) is 2.08. The van der Waals surface area contributed by atoms with Crippen molar-refractivity contribution in [2.24, 2.45) is 0 Å². The summed E-state index contributed by atoms with van der Waals surface area (Å²) in [6, 6.07) is 7.84.